The van der Waals surface area contributed by atoms with E-state index in [1.807, 2.05) is 0 Å². The molecule has 0 amide bonds. The van der Waals surface area contributed by atoms with Crippen LogP contribution in [0, 0.1) is 10.1 Å². The number of aliphatic hydroxyl groups excluding tert-OH is 1. The van der Waals surface area contributed by atoms with Gasteiger partial charge in [0, 0.05) is 31.2 Å². The van der Waals surface area contributed by atoms with E-state index in [1.165, 1.54) is 40.5 Å². The summed E-state index contributed by atoms with van der Waals surface area (Å²) in [6.45, 7) is 1.29. The van der Waals surface area contributed by atoms with Crippen molar-refractivity contribution in [3.8, 4) is 11.5 Å². The fraction of sp³-hybridized carbons (Fsp3) is 0.438. The number of rotatable bonds is 8. The summed E-state index contributed by atoms with van der Waals surface area (Å²) in [5, 5.41) is 24.4. The second-order valence-electron chi connectivity index (χ2n) is 5.37. The molecule has 142 valence electrons. The number of allylic oxidation sites excluding steroid dienone is 1. The Bertz CT molecular complexity index is 722. The van der Waals surface area contributed by atoms with Gasteiger partial charge in [-0.25, -0.2) is 4.99 Å². The molecule has 0 fully saturated rings. The van der Waals surface area contributed by atoms with Gasteiger partial charge in [-0.15, -0.1) is 0 Å². The first-order valence-electron chi connectivity index (χ1n) is 7.67. The zero-order valence-corrected chi connectivity index (χ0v) is 14.8. The van der Waals surface area contributed by atoms with E-state index in [0.717, 1.165) is 0 Å². The third kappa shape index (κ3) is 3.86. The molecule has 2 rings (SSSR count). The van der Waals surface area contributed by atoms with Crippen molar-refractivity contribution >= 4 is 6.21 Å². The lowest BCUT2D eigenvalue weighted by Gasteiger charge is -2.33. The minimum absolute atomic E-state index is 0.106. The van der Waals surface area contributed by atoms with Crippen LogP contribution in [0.5, 0.6) is 11.5 Å². The molecular weight excluding hydrogens is 346 g/mol. The van der Waals surface area contributed by atoms with Gasteiger partial charge in [0.15, 0.2) is 12.0 Å². The minimum atomic E-state index is -1.67. The Morgan fingerprint density at radius 3 is 2.54 bits per heavy atom. The third-order valence-electron chi connectivity index (χ3n) is 3.83. The molecule has 26 heavy (non-hydrogen) atoms. The molecule has 1 aliphatic rings. The molecule has 3 atom stereocenters. The Labute approximate surface area is 150 Å². The maximum absolute atomic E-state index is 11.1. The average molecular weight is 367 g/mol. The molecule has 0 aliphatic carbocycles. The van der Waals surface area contributed by atoms with E-state index in [9.17, 15) is 15.2 Å². The molecule has 0 saturated carbocycles. The van der Waals surface area contributed by atoms with Crippen molar-refractivity contribution in [2.75, 3.05) is 21.3 Å². The highest BCUT2D eigenvalue weighted by atomic mass is 16.7. The molecule has 1 aromatic carbocycles. The summed E-state index contributed by atoms with van der Waals surface area (Å²) in [6.07, 6.45) is 1.51. The molecule has 0 bridgehead atoms. The van der Waals surface area contributed by atoms with Crippen LogP contribution in [-0.4, -0.2) is 49.7 Å². The van der Waals surface area contributed by atoms with Crippen LogP contribution in [0.3, 0.4) is 0 Å². The zero-order valence-electron chi connectivity index (χ0n) is 14.8. The Hall–Kier alpha value is -2.85. The van der Waals surface area contributed by atoms with Crippen molar-refractivity contribution in [2.24, 2.45) is 4.99 Å². The van der Waals surface area contributed by atoms with Gasteiger partial charge in [-0.1, -0.05) is 6.07 Å². The first kappa shape index (κ1) is 19.5. The van der Waals surface area contributed by atoms with Gasteiger partial charge >= 0.3 is 6.03 Å². The van der Waals surface area contributed by atoms with E-state index in [4.69, 9.17) is 18.9 Å². The predicted molar refractivity (Wildman–Crippen MR) is 91.5 cm³/mol. The van der Waals surface area contributed by atoms with E-state index in [-0.39, 0.29) is 17.1 Å². The normalized spacial score (nSPS) is 21.2. The highest BCUT2D eigenvalue weighted by molar-refractivity contribution is 5.72. The predicted octanol–water partition coefficient (Wildman–Crippen LogP) is 1.19. The van der Waals surface area contributed by atoms with Crippen molar-refractivity contribution in [3.63, 3.8) is 0 Å². The molecule has 2 N–H and O–H groups in total. The van der Waals surface area contributed by atoms with Crippen molar-refractivity contribution in [2.45, 2.75) is 25.1 Å². The monoisotopic (exact) mass is 367 g/mol. The molecular formula is C16H21N3O7. The van der Waals surface area contributed by atoms with Crippen molar-refractivity contribution in [3.05, 3.63) is 45.8 Å². The molecule has 10 nitrogen and oxygen atoms in total. The summed E-state index contributed by atoms with van der Waals surface area (Å²) in [5.41, 5.74) is 0.112. The van der Waals surface area contributed by atoms with E-state index in [0.29, 0.717) is 5.88 Å². The molecule has 0 spiro atoms. The Balaban J connectivity index is 2.45. The molecule has 1 heterocycles. The Kier molecular flexibility index (Phi) is 6.01. The first-order valence-corrected chi connectivity index (χ1v) is 7.67. The molecule has 0 radical (unpaired) electrons. The molecule has 1 aromatic rings. The van der Waals surface area contributed by atoms with Crippen LogP contribution in [0.25, 0.3) is 0 Å². The number of nitrogens with zero attached hydrogens (tertiary/aromatic N) is 2. The second kappa shape index (κ2) is 8.02. The number of nitro groups is 1. The number of benzene rings is 1. The summed E-state index contributed by atoms with van der Waals surface area (Å²) < 4.78 is 21.5. The van der Waals surface area contributed by atoms with Crippen molar-refractivity contribution in [1.82, 2.24) is 5.32 Å². The van der Waals surface area contributed by atoms with Gasteiger partial charge in [-0.3, -0.25) is 15.4 Å². The minimum Gasteiger partial charge on any atom is -0.496 e. The Morgan fingerprint density at radius 1 is 1.27 bits per heavy atom. The summed E-state index contributed by atoms with van der Waals surface area (Å²) in [6, 6.07) is 1.75. The maximum Gasteiger partial charge on any atom is 0.406 e. The maximum atomic E-state index is 11.1. The topological polar surface area (TPSA) is 125 Å². The number of nitrogens with one attached hydrogen (secondary N) is 1. The summed E-state index contributed by atoms with van der Waals surface area (Å²) in [7, 11) is 4.21. The average Bonchev–Trinajstić information content (AvgIpc) is 2.66. The van der Waals surface area contributed by atoms with Crippen molar-refractivity contribution < 1.29 is 29.0 Å². The number of hydrogen-bond donors (Lipinski definition) is 2. The lowest BCUT2D eigenvalue weighted by Crippen LogP contribution is -2.52. The van der Waals surface area contributed by atoms with Gasteiger partial charge in [0.25, 0.3) is 0 Å². The number of aliphatic hydroxyl groups is 1. The van der Waals surface area contributed by atoms with Crippen LogP contribution in [-0.2, 0) is 9.47 Å². The van der Waals surface area contributed by atoms with Crippen LogP contribution in [0.15, 0.2) is 35.2 Å². The SMILES string of the molecule is COC1=CC=NC(OC)(Oc2cccc(OC)c2C(O)C(C)[N+](=O)[O-])N1. The lowest BCUT2D eigenvalue weighted by atomic mass is 10.0. The Morgan fingerprint density at radius 2 is 1.96 bits per heavy atom. The van der Waals surface area contributed by atoms with Gasteiger partial charge in [0.2, 0.25) is 6.04 Å². The van der Waals surface area contributed by atoms with Gasteiger partial charge in [0.05, 0.1) is 19.8 Å². The molecule has 3 unspecified atom stereocenters. The number of methoxy groups -OCH3 is 3. The number of hydrogen-bond acceptors (Lipinski definition) is 9. The van der Waals surface area contributed by atoms with Crippen LogP contribution in [0.1, 0.15) is 18.6 Å². The summed E-state index contributed by atoms with van der Waals surface area (Å²) >= 11 is 0. The van der Waals surface area contributed by atoms with E-state index >= 15 is 0 Å². The van der Waals surface area contributed by atoms with Crippen LogP contribution < -0.4 is 14.8 Å². The fourth-order valence-electron chi connectivity index (χ4n) is 2.34. The van der Waals surface area contributed by atoms with Gasteiger partial charge in [-0.05, 0) is 12.1 Å². The fourth-order valence-corrected chi connectivity index (χ4v) is 2.34. The highest BCUT2D eigenvalue weighted by Crippen LogP contribution is 2.38. The van der Waals surface area contributed by atoms with E-state index < -0.39 is 23.1 Å². The van der Waals surface area contributed by atoms with Crippen molar-refractivity contribution in [1.29, 1.82) is 0 Å². The van der Waals surface area contributed by atoms with Crippen LogP contribution in [0.4, 0.5) is 0 Å². The molecule has 1 aliphatic heterocycles. The van der Waals surface area contributed by atoms with Crippen LogP contribution >= 0.6 is 0 Å². The molecule has 0 saturated heterocycles. The number of ether oxygens (including phenoxy) is 4. The van der Waals surface area contributed by atoms with Crippen LogP contribution in [0.2, 0.25) is 0 Å². The largest absolute Gasteiger partial charge is 0.496 e. The smallest absolute Gasteiger partial charge is 0.406 e. The van der Waals surface area contributed by atoms with E-state index in [1.54, 1.807) is 18.2 Å². The van der Waals surface area contributed by atoms with Gasteiger partial charge < -0.3 is 24.1 Å². The first-order chi connectivity index (χ1) is 12.4. The summed E-state index contributed by atoms with van der Waals surface area (Å²) in [5.74, 6) is 0.678. The quantitative estimate of drug-likeness (QED) is 0.399. The number of aliphatic imine (C=N–C) groups is 1. The zero-order chi connectivity index (χ0) is 19.3. The third-order valence-corrected chi connectivity index (χ3v) is 3.83. The highest BCUT2D eigenvalue weighted by Gasteiger charge is 2.38. The van der Waals surface area contributed by atoms with Gasteiger partial charge in [0.1, 0.15) is 11.5 Å². The lowest BCUT2D eigenvalue weighted by molar-refractivity contribution is -0.531. The van der Waals surface area contributed by atoms with Gasteiger partial charge in [-0.2, -0.15) is 0 Å². The second-order valence-corrected chi connectivity index (χ2v) is 5.37. The molecule has 0 aromatic heterocycles. The van der Waals surface area contributed by atoms with E-state index in [2.05, 4.69) is 10.3 Å². The summed E-state index contributed by atoms with van der Waals surface area (Å²) in [4.78, 5) is 14.6. The standard InChI is InChI=1S/C16H21N3O7/c1-10(19(21)22)15(20)14-11(23-2)6-5-7-12(14)26-16(25-4)17-9-8-13(18-16)24-3/h5-10,15,18,20H,1-4H3. The molecule has 10 heteroatoms.